The van der Waals surface area contributed by atoms with E-state index in [0.717, 1.165) is 39.5 Å². The lowest BCUT2D eigenvalue weighted by molar-refractivity contribution is 0.663. The molecule has 1 aliphatic rings. The van der Waals surface area contributed by atoms with Crippen LogP contribution < -0.4 is 5.32 Å². The van der Waals surface area contributed by atoms with Gasteiger partial charge in [0, 0.05) is 38.6 Å². The van der Waals surface area contributed by atoms with Gasteiger partial charge in [0.2, 0.25) is 0 Å². The highest BCUT2D eigenvalue weighted by atomic mass is 15.1. The molecule has 8 aromatic carbocycles. The summed E-state index contributed by atoms with van der Waals surface area (Å²) < 4.78 is 4.78. The van der Waals surface area contributed by atoms with E-state index in [0.29, 0.717) is 0 Å². The molecule has 0 aliphatic carbocycles. The zero-order chi connectivity index (χ0) is 37.0. The predicted octanol–water partition coefficient (Wildman–Crippen LogP) is 12.7. The van der Waals surface area contributed by atoms with E-state index in [1.54, 1.807) is 0 Å². The van der Waals surface area contributed by atoms with Gasteiger partial charge in [0.05, 0.1) is 27.8 Å². The van der Waals surface area contributed by atoms with Crippen LogP contribution >= 0.6 is 0 Å². The molecular weight excluding hydrogens is 681 g/mol. The van der Waals surface area contributed by atoms with E-state index in [1.807, 2.05) is 6.07 Å². The molecule has 0 spiro atoms. The van der Waals surface area contributed by atoms with Crippen LogP contribution in [0.15, 0.2) is 211 Å². The monoisotopic (exact) mass is 716 g/mol. The van der Waals surface area contributed by atoms with E-state index in [9.17, 15) is 0 Å². The molecule has 0 radical (unpaired) electrons. The van der Waals surface area contributed by atoms with Gasteiger partial charge in [-0.05, 0) is 88.5 Å². The number of nitrogens with zero attached hydrogens (tertiary/aromatic N) is 3. The maximum absolute atomic E-state index is 5.27. The second kappa shape index (κ2) is 13.2. The number of allylic oxidation sites excluding steroid dienone is 1. The fraction of sp³-hybridized carbons (Fsp3) is 0.0192. The van der Waals surface area contributed by atoms with Crippen LogP contribution in [0.2, 0.25) is 0 Å². The lowest BCUT2D eigenvalue weighted by Gasteiger charge is -2.25. The SMILES string of the molecule is C1=C(c2ccccc2)NC(c2cccc(-n3c4ccccc4c4cc(-c5cccc(-n6c7ccccc7c7ccccc76)c5)ccc43)c2)N=C1c1ccccc1. The molecule has 1 unspecified atom stereocenters. The third-order valence-corrected chi connectivity index (χ3v) is 11.1. The third kappa shape index (κ3) is 5.34. The molecule has 4 heteroatoms. The van der Waals surface area contributed by atoms with Crippen molar-refractivity contribution in [1.29, 1.82) is 0 Å². The van der Waals surface area contributed by atoms with Gasteiger partial charge in [-0.15, -0.1) is 0 Å². The van der Waals surface area contributed by atoms with Gasteiger partial charge in [-0.25, -0.2) is 0 Å². The van der Waals surface area contributed by atoms with Crippen molar-refractivity contribution in [3.8, 4) is 22.5 Å². The van der Waals surface area contributed by atoms with Gasteiger partial charge in [-0.2, -0.15) is 0 Å². The Morgan fingerprint density at radius 2 is 0.875 bits per heavy atom. The fourth-order valence-corrected chi connectivity index (χ4v) is 8.53. The highest BCUT2D eigenvalue weighted by Crippen LogP contribution is 2.38. The van der Waals surface area contributed by atoms with Crippen molar-refractivity contribution in [1.82, 2.24) is 14.5 Å². The van der Waals surface area contributed by atoms with Crippen molar-refractivity contribution in [3.05, 3.63) is 223 Å². The molecule has 0 saturated carbocycles. The molecule has 0 fully saturated rings. The molecule has 2 aromatic heterocycles. The first-order valence-corrected chi connectivity index (χ1v) is 19.2. The molecule has 56 heavy (non-hydrogen) atoms. The summed E-state index contributed by atoms with van der Waals surface area (Å²) in [4.78, 5) is 5.27. The molecule has 10 aromatic rings. The molecule has 1 aliphatic heterocycles. The van der Waals surface area contributed by atoms with Crippen molar-refractivity contribution in [2.45, 2.75) is 6.17 Å². The molecule has 1 atom stereocenters. The molecular formula is C52H36N4. The standard InChI is InChI=1S/C52H36N4/c1-3-15-35(16-4-1)46-34-47(36-17-5-2-6-18-36)54-52(53-46)39-20-14-22-41(32-39)56-50-28-12-9-25-44(50)45-33-38(29-30-51(45)56)37-19-13-21-40(31-37)55-48-26-10-7-23-42(48)43-24-8-11-27-49(43)55/h1-34,52-53H. The number of hydrogen-bond acceptors (Lipinski definition) is 2. The van der Waals surface area contributed by atoms with Crippen molar-refractivity contribution in [2.24, 2.45) is 4.99 Å². The van der Waals surface area contributed by atoms with E-state index in [-0.39, 0.29) is 6.17 Å². The van der Waals surface area contributed by atoms with Gasteiger partial charge in [0.1, 0.15) is 6.17 Å². The largest absolute Gasteiger partial charge is 0.360 e. The summed E-state index contributed by atoms with van der Waals surface area (Å²) in [6, 6.07) is 71.7. The number of aliphatic imine (C=N–C) groups is 1. The topological polar surface area (TPSA) is 34.2 Å². The van der Waals surface area contributed by atoms with Gasteiger partial charge in [0.15, 0.2) is 0 Å². The van der Waals surface area contributed by atoms with Crippen LogP contribution in [-0.2, 0) is 0 Å². The van der Waals surface area contributed by atoms with E-state index in [4.69, 9.17) is 4.99 Å². The Balaban J connectivity index is 1.01. The van der Waals surface area contributed by atoms with Crippen LogP contribution in [0.5, 0.6) is 0 Å². The molecule has 1 N–H and O–H groups in total. The third-order valence-electron chi connectivity index (χ3n) is 11.1. The molecule has 4 nitrogen and oxygen atoms in total. The Hall–Kier alpha value is -7.43. The highest BCUT2D eigenvalue weighted by Gasteiger charge is 2.21. The molecule has 264 valence electrons. The maximum Gasteiger partial charge on any atom is 0.145 e. The number of rotatable bonds is 6. The smallest absolute Gasteiger partial charge is 0.145 e. The normalized spacial score (nSPS) is 14.2. The number of nitrogens with one attached hydrogen (secondary N) is 1. The maximum atomic E-state index is 5.27. The minimum Gasteiger partial charge on any atom is -0.360 e. The quantitative estimate of drug-likeness (QED) is 0.183. The van der Waals surface area contributed by atoms with Crippen LogP contribution in [0.3, 0.4) is 0 Å². The van der Waals surface area contributed by atoms with Crippen LogP contribution in [-0.4, -0.2) is 14.8 Å². The van der Waals surface area contributed by atoms with Gasteiger partial charge < -0.3 is 14.5 Å². The average molecular weight is 717 g/mol. The zero-order valence-corrected chi connectivity index (χ0v) is 30.5. The molecule has 0 saturated heterocycles. The molecule has 0 amide bonds. The Kier molecular flexibility index (Phi) is 7.52. The van der Waals surface area contributed by atoms with Gasteiger partial charge >= 0.3 is 0 Å². The van der Waals surface area contributed by atoms with Crippen LogP contribution in [0.1, 0.15) is 22.9 Å². The number of aromatic nitrogens is 2. The van der Waals surface area contributed by atoms with Gasteiger partial charge in [-0.3, -0.25) is 4.99 Å². The Bertz CT molecular complexity index is 3110. The number of fused-ring (bicyclic) bond motifs is 6. The van der Waals surface area contributed by atoms with E-state index >= 15 is 0 Å². The summed E-state index contributed by atoms with van der Waals surface area (Å²) in [6.07, 6.45) is 1.90. The minimum absolute atomic E-state index is 0.258. The summed E-state index contributed by atoms with van der Waals surface area (Å²) in [7, 11) is 0. The first-order chi connectivity index (χ1) is 27.8. The summed E-state index contributed by atoms with van der Waals surface area (Å²) in [5, 5.41) is 8.73. The second-order valence-corrected chi connectivity index (χ2v) is 14.5. The highest BCUT2D eigenvalue weighted by molar-refractivity contribution is 6.13. The van der Waals surface area contributed by atoms with Gasteiger partial charge in [0.25, 0.3) is 0 Å². The summed E-state index contributed by atoms with van der Waals surface area (Å²) in [6.45, 7) is 0. The number of benzene rings is 8. The number of para-hydroxylation sites is 3. The molecule has 11 rings (SSSR count). The van der Waals surface area contributed by atoms with E-state index in [2.05, 4.69) is 215 Å². The Labute approximate surface area is 324 Å². The van der Waals surface area contributed by atoms with Crippen LogP contribution in [0.25, 0.3) is 71.8 Å². The number of hydrogen-bond donors (Lipinski definition) is 1. The van der Waals surface area contributed by atoms with Crippen molar-refractivity contribution < 1.29 is 0 Å². The molecule has 3 heterocycles. The summed E-state index contributed by atoms with van der Waals surface area (Å²) in [5.74, 6) is 0. The van der Waals surface area contributed by atoms with E-state index in [1.165, 1.54) is 54.7 Å². The van der Waals surface area contributed by atoms with E-state index < -0.39 is 0 Å². The van der Waals surface area contributed by atoms with Crippen molar-refractivity contribution in [3.63, 3.8) is 0 Å². The Morgan fingerprint density at radius 3 is 1.54 bits per heavy atom. The lowest BCUT2D eigenvalue weighted by atomic mass is 10.0. The van der Waals surface area contributed by atoms with Crippen LogP contribution in [0, 0.1) is 0 Å². The first kappa shape index (κ1) is 32.0. The second-order valence-electron chi connectivity index (χ2n) is 14.5. The summed E-state index contributed by atoms with van der Waals surface area (Å²) >= 11 is 0. The zero-order valence-electron chi connectivity index (χ0n) is 30.5. The minimum atomic E-state index is -0.258. The van der Waals surface area contributed by atoms with Crippen molar-refractivity contribution >= 4 is 55.0 Å². The predicted molar refractivity (Wildman–Crippen MR) is 234 cm³/mol. The first-order valence-electron chi connectivity index (χ1n) is 19.2. The fourth-order valence-electron chi connectivity index (χ4n) is 8.53. The van der Waals surface area contributed by atoms with Crippen LogP contribution in [0.4, 0.5) is 0 Å². The summed E-state index contributed by atoms with van der Waals surface area (Å²) in [5.41, 5.74) is 14.7. The van der Waals surface area contributed by atoms with Gasteiger partial charge in [-0.1, -0.05) is 146 Å². The Morgan fingerprint density at radius 1 is 0.375 bits per heavy atom. The average Bonchev–Trinajstić information content (AvgIpc) is 3.80. The lowest BCUT2D eigenvalue weighted by Crippen LogP contribution is -2.25. The van der Waals surface area contributed by atoms with Crippen molar-refractivity contribution in [2.75, 3.05) is 0 Å². The molecule has 0 bridgehead atoms.